The fourth-order valence-electron chi connectivity index (χ4n) is 2.57. The van der Waals surface area contributed by atoms with Gasteiger partial charge in [-0.3, -0.25) is 15.0 Å². The summed E-state index contributed by atoms with van der Waals surface area (Å²) in [4.78, 5) is 23.9. The van der Waals surface area contributed by atoms with Gasteiger partial charge in [-0.2, -0.15) is 0 Å². The van der Waals surface area contributed by atoms with Crippen LogP contribution in [-0.4, -0.2) is 31.8 Å². The number of non-ortho nitro benzene ring substituents is 1. The first-order valence-corrected chi connectivity index (χ1v) is 9.32. The Morgan fingerprint density at radius 1 is 1.14 bits per heavy atom. The fraction of sp³-hybridized carbons (Fsp3) is 0.381. The zero-order chi connectivity index (χ0) is 21.4. The van der Waals surface area contributed by atoms with E-state index in [1.165, 1.54) is 29.2 Å². The number of ether oxygens (including phenoxy) is 3. The van der Waals surface area contributed by atoms with Gasteiger partial charge in [0.15, 0.2) is 11.5 Å². The van der Waals surface area contributed by atoms with E-state index in [0.29, 0.717) is 29.7 Å². The molecule has 0 saturated heterocycles. The average molecular weight is 402 g/mol. The van der Waals surface area contributed by atoms with Crippen molar-refractivity contribution in [3.8, 4) is 17.2 Å². The van der Waals surface area contributed by atoms with Crippen molar-refractivity contribution < 1.29 is 23.9 Å². The smallest absolute Gasteiger partial charge is 0.419 e. The van der Waals surface area contributed by atoms with E-state index in [1.54, 1.807) is 32.4 Å². The maximum Gasteiger partial charge on any atom is 0.419 e. The van der Waals surface area contributed by atoms with Crippen molar-refractivity contribution in [1.82, 2.24) is 0 Å². The standard InChI is InChI=1S/C21H26N2O6/c1-15(2)6-5-13-28-20-14-17(9-12-19(20)27-4)22(3)21(24)29-18-10-7-16(8-11-18)23(25)26/h7-12,14-15H,5-6,13H2,1-4H3. The quantitative estimate of drug-likeness (QED) is 0.331. The first-order valence-electron chi connectivity index (χ1n) is 9.32. The van der Waals surface area contributed by atoms with Crippen LogP contribution in [0.5, 0.6) is 17.2 Å². The molecule has 156 valence electrons. The number of nitro benzene ring substituents is 1. The topological polar surface area (TPSA) is 91.1 Å². The summed E-state index contributed by atoms with van der Waals surface area (Å²) in [6.45, 7) is 4.87. The highest BCUT2D eigenvalue weighted by Gasteiger charge is 2.17. The monoisotopic (exact) mass is 402 g/mol. The molecule has 0 saturated carbocycles. The summed E-state index contributed by atoms with van der Waals surface area (Å²) < 4.78 is 16.4. The predicted octanol–water partition coefficient (Wildman–Crippen LogP) is 5.05. The van der Waals surface area contributed by atoms with E-state index in [0.717, 1.165) is 12.8 Å². The number of hydrogen-bond acceptors (Lipinski definition) is 6. The average Bonchev–Trinajstić information content (AvgIpc) is 2.70. The Hall–Kier alpha value is -3.29. The van der Waals surface area contributed by atoms with Crippen LogP contribution in [0.25, 0.3) is 0 Å². The van der Waals surface area contributed by atoms with Gasteiger partial charge in [-0.05, 0) is 43.0 Å². The highest BCUT2D eigenvalue weighted by atomic mass is 16.6. The second-order valence-electron chi connectivity index (χ2n) is 6.90. The van der Waals surface area contributed by atoms with E-state index in [4.69, 9.17) is 14.2 Å². The van der Waals surface area contributed by atoms with E-state index in [1.807, 2.05) is 0 Å². The highest BCUT2D eigenvalue weighted by Crippen LogP contribution is 2.32. The van der Waals surface area contributed by atoms with Gasteiger partial charge in [0, 0.05) is 25.2 Å². The number of benzene rings is 2. The fourth-order valence-corrected chi connectivity index (χ4v) is 2.57. The molecule has 0 atom stereocenters. The van der Waals surface area contributed by atoms with Crippen LogP contribution < -0.4 is 19.1 Å². The van der Waals surface area contributed by atoms with Crippen LogP contribution in [0.4, 0.5) is 16.2 Å². The highest BCUT2D eigenvalue weighted by molar-refractivity contribution is 5.89. The molecule has 0 aliphatic heterocycles. The normalized spacial score (nSPS) is 10.5. The third-order valence-electron chi connectivity index (χ3n) is 4.24. The Morgan fingerprint density at radius 3 is 2.41 bits per heavy atom. The molecule has 0 fully saturated rings. The molecular formula is C21H26N2O6. The van der Waals surface area contributed by atoms with Crippen LogP contribution in [0.1, 0.15) is 26.7 Å². The molecule has 8 heteroatoms. The number of methoxy groups -OCH3 is 1. The lowest BCUT2D eigenvalue weighted by Crippen LogP contribution is -2.29. The molecule has 0 unspecified atom stereocenters. The lowest BCUT2D eigenvalue weighted by molar-refractivity contribution is -0.384. The van der Waals surface area contributed by atoms with E-state index < -0.39 is 11.0 Å². The largest absolute Gasteiger partial charge is 0.493 e. The van der Waals surface area contributed by atoms with Gasteiger partial charge in [0.25, 0.3) is 5.69 Å². The number of anilines is 1. The van der Waals surface area contributed by atoms with Gasteiger partial charge in [-0.1, -0.05) is 13.8 Å². The molecule has 1 amide bonds. The van der Waals surface area contributed by atoms with E-state index in [9.17, 15) is 14.9 Å². The molecule has 0 aromatic heterocycles. The van der Waals surface area contributed by atoms with Gasteiger partial charge in [0.1, 0.15) is 5.75 Å². The molecule has 8 nitrogen and oxygen atoms in total. The number of carbonyl (C=O) groups excluding carboxylic acids is 1. The van der Waals surface area contributed by atoms with Gasteiger partial charge in [0.2, 0.25) is 0 Å². The Balaban J connectivity index is 2.06. The van der Waals surface area contributed by atoms with Crippen molar-refractivity contribution in [2.75, 3.05) is 25.7 Å². The summed E-state index contributed by atoms with van der Waals surface area (Å²) in [5.74, 6) is 1.94. The third kappa shape index (κ3) is 6.38. The summed E-state index contributed by atoms with van der Waals surface area (Å²) in [6, 6.07) is 10.5. The van der Waals surface area contributed by atoms with E-state index in [-0.39, 0.29) is 11.4 Å². The first kappa shape index (κ1) is 22.0. The summed E-state index contributed by atoms with van der Waals surface area (Å²) in [6.07, 6.45) is 1.35. The van der Waals surface area contributed by atoms with Crippen LogP contribution in [0, 0.1) is 16.0 Å². The van der Waals surface area contributed by atoms with Crippen LogP contribution in [0.2, 0.25) is 0 Å². The number of carbonyl (C=O) groups is 1. The van der Waals surface area contributed by atoms with Gasteiger partial charge >= 0.3 is 6.09 Å². The van der Waals surface area contributed by atoms with Crippen molar-refractivity contribution in [3.05, 3.63) is 52.6 Å². The first-order chi connectivity index (χ1) is 13.8. The number of nitro groups is 1. The molecule has 0 N–H and O–H groups in total. The molecule has 0 aliphatic carbocycles. The molecule has 2 aromatic rings. The summed E-state index contributed by atoms with van der Waals surface area (Å²) in [7, 11) is 3.13. The number of amides is 1. The molecule has 2 rings (SSSR count). The van der Waals surface area contributed by atoms with Gasteiger partial charge < -0.3 is 14.2 Å². The van der Waals surface area contributed by atoms with E-state index >= 15 is 0 Å². The SMILES string of the molecule is COc1ccc(N(C)C(=O)Oc2ccc([N+](=O)[O-])cc2)cc1OCCCC(C)C. The molecule has 0 radical (unpaired) electrons. The number of hydrogen-bond donors (Lipinski definition) is 0. The minimum absolute atomic E-state index is 0.0763. The Kier molecular flexibility index (Phi) is 7.82. The Labute approximate surface area is 170 Å². The third-order valence-corrected chi connectivity index (χ3v) is 4.24. The predicted molar refractivity (Wildman–Crippen MR) is 110 cm³/mol. The second-order valence-corrected chi connectivity index (χ2v) is 6.90. The zero-order valence-corrected chi connectivity index (χ0v) is 17.1. The molecule has 2 aromatic carbocycles. The van der Waals surface area contributed by atoms with Crippen LogP contribution in [0.3, 0.4) is 0 Å². The maximum atomic E-state index is 12.4. The molecular weight excluding hydrogens is 376 g/mol. The van der Waals surface area contributed by atoms with Gasteiger partial charge in [0.05, 0.1) is 24.3 Å². The van der Waals surface area contributed by atoms with Crippen molar-refractivity contribution in [2.45, 2.75) is 26.7 Å². The van der Waals surface area contributed by atoms with Gasteiger partial charge in [-0.25, -0.2) is 4.79 Å². The van der Waals surface area contributed by atoms with Crippen molar-refractivity contribution in [2.24, 2.45) is 5.92 Å². The maximum absolute atomic E-state index is 12.4. The van der Waals surface area contributed by atoms with Crippen LogP contribution in [-0.2, 0) is 0 Å². The van der Waals surface area contributed by atoms with Gasteiger partial charge in [-0.15, -0.1) is 0 Å². The summed E-state index contributed by atoms with van der Waals surface area (Å²) in [5, 5.41) is 10.7. The van der Waals surface area contributed by atoms with Crippen LogP contribution in [0.15, 0.2) is 42.5 Å². The summed E-state index contributed by atoms with van der Waals surface area (Å²) >= 11 is 0. The Morgan fingerprint density at radius 2 is 1.83 bits per heavy atom. The Bertz CT molecular complexity index is 836. The lowest BCUT2D eigenvalue weighted by atomic mass is 10.1. The minimum atomic E-state index is -0.630. The number of rotatable bonds is 9. The summed E-state index contributed by atoms with van der Waals surface area (Å²) in [5.41, 5.74) is 0.490. The molecule has 0 heterocycles. The molecule has 0 spiro atoms. The zero-order valence-electron chi connectivity index (χ0n) is 17.1. The lowest BCUT2D eigenvalue weighted by Gasteiger charge is -2.19. The minimum Gasteiger partial charge on any atom is -0.493 e. The number of nitrogens with zero attached hydrogens (tertiary/aromatic N) is 2. The second kappa shape index (κ2) is 10.3. The molecule has 29 heavy (non-hydrogen) atoms. The molecule has 0 aliphatic rings. The van der Waals surface area contributed by atoms with Crippen molar-refractivity contribution in [1.29, 1.82) is 0 Å². The van der Waals surface area contributed by atoms with E-state index in [2.05, 4.69) is 13.8 Å². The van der Waals surface area contributed by atoms with Crippen LogP contribution >= 0.6 is 0 Å². The molecule has 0 bridgehead atoms. The van der Waals surface area contributed by atoms with Crippen molar-refractivity contribution >= 4 is 17.5 Å². The van der Waals surface area contributed by atoms with Crippen molar-refractivity contribution in [3.63, 3.8) is 0 Å².